The molecule has 0 bridgehead atoms. The van der Waals surface area contributed by atoms with Crippen LogP contribution >= 0.6 is 7.82 Å². The number of rotatable bonds is 18. The summed E-state index contributed by atoms with van der Waals surface area (Å²) in [6.07, 6.45) is 13.9. The molecule has 2 heterocycles. The number of carbonyl (C=O) groups excluding carboxylic acids is 1. The van der Waals surface area contributed by atoms with Gasteiger partial charge in [-0.3, -0.25) is 9.69 Å². The molecule has 0 saturated heterocycles. The first-order chi connectivity index (χ1) is 21.7. The third kappa shape index (κ3) is 10.2. The quantitative estimate of drug-likeness (QED) is 0.0915. The Morgan fingerprint density at radius 1 is 1.00 bits per heavy atom. The molecule has 1 aromatic rings. The lowest BCUT2D eigenvalue weighted by Gasteiger charge is -2.38. The Balaban J connectivity index is 1.65. The molecule has 3 rings (SSSR count). The summed E-state index contributed by atoms with van der Waals surface area (Å²) >= 11 is 0. The molecule has 2 aliphatic heterocycles. The Bertz CT molecular complexity index is 1260. The fraction of sp³-hybridized carbons (Fsp3) is 0.743. The zero-order valence-electron chi connectivity index (χ0n) is 28.7. The van der Waals surface area contributed by atoms with E-state index in [0.717, 1.165) is 36.1 Å². The second kappa shape index (κ2) is 17.3. The first kappa shape index (κ1) is 38.3. The minimum atomic E-state index is -5.00. The number of phosphoric acid groups is 1. The molecule has 0 saturated carbocycles. The number of aliphatic hydroxyl groups is 3. The number of carbonyl (C=O) groups is 1. The van der Waals surface area contributed by atoms with Crippen LogP contribution in [0.15, 0.2) is 11.5 Å². The van der Waals surface area contributed by atoms with Gasteiger partial charge in [-0.2, -0.15) is 0 Å². The van der Waals surface area contributed by atoms with Gasteiger partial charge in [0.05, 0.1) is 25.2 Å². The van der Waals surface area contributed by atoms with Crippen molar-refractivity contribution in [2.75, 3.05) is 19.8 Å². The predicted octanol–water partition coefficient (Wildman–Crippen LogP) is 7.48. The molecule has 11 heteroatoms. The van der Waals surface area contributed by atoms with E-state index in [1.54, 1.807) is 13.8 Å². The molecule has 5 unspecified atom stereocenters. The molecule has 10 nitrogen and oxygen atoms in total. The summed E-state index contributed by atoms with van der Waals surface area (Å²) in [4.78, 5) is 23.3. The van der Waals surface area contributed by atoms with E-state index in [-0.39, 0.29) is 18.0 Å². The molecule has 1 aromatic carbocycles. The SMILES string of the molecule is CCCCCCCCCC(C)CCCC1(C)CCc2c(C)c(OP(=O)(O)OC3=C(O)C(C(O)CO)COCC3=O)c(C)c(C)c2O1. The molecule has 0 radical (unpaired) electrons. The largest absolute Gasteiger partial charge is 0.585 e. The van der Waals surface area contributed by atoms with Gasteiger partial charge in [-0.25, -0.2) is 4.57 Å². The van der Waals surface area contributed by atoms with E-state index >= 15 is 0 Å². The highest BCUT2D eigenvalue weighted by molar-refractivity contribution is 7.48. The summed E-state index contributed by atoms with van der Waals surface area (Å²) in [5.74, 6) is -2.10. The van der Waals surface area contributed by atoms with E-state index in [9.17, 15) is 29.6 Å². The van der Waals surface area contributed by atoms with Crippen LogP contribution in [0.3, 0.4) is 0 Å². The lowest BCUT2D eigenvalue weighted by atomic mass is 9.84. The minimum absolute atomic E-state index is 0.151. The normalized spacial score (nSPS) is 22.8. The third-order valence-corrected chi connectivity index (χ3v) is 10.5. The number of phosphoric ester groups is 1. The van der Waals surface area contributed by atoms with Crippen molar-refractivity contribution in [3.8, 4) is 11.5 Å². The molecular weight excluding hydrogens is 611 g/mol. The van der Waals surface area contributed by atoms with Gasteiger partial charge in [0.2, 0.25) is 11.5 Å². The monoisotopic (exact) mass is 668 g/mol. The number of ether oxygens (including phenoxy) is 2. The van der Waals surface area contributed by atoms with Gasteiger partial charge < -0.3 is 33.8 Å². The zero-order valence-corrected chi connectivity index (χ0v) is 29.6. The highest BCUT2D eigenvalue weighted by Crippen LogP contribution is 2.52. The van der Waals surface area contributed by atoms with E-state index in [4.69, 9.17) is 18.5 Å². The predicted molar refractivity (Wildman–Crippen MR) is 177 cm³/mol. The zero-order chi connectivity index (χ0) is 34.1. The summed E-state index contributed by atoms with van der Waals surface area (Å²) in [7, 11) is -5.00. The standard InChI is InChI=1S/C35H57O10P/c1-7-8-9-10-11-12-13-15-23(2)16-14-18-35(6)19-17-27-26(5)32(24(3)25(4)33(27)43-35)44-46(40,41)45-34-30(38)22-42-21-28(31(34)39)29(37)20-36/h23,28-29,36-37,39H,7-22H2,1-6H3,(H,40,41). The summed E-state index contributed by atoms with van der Waals surface area (Å²) < 4.78 is 35.7. The lowest BCUT2D eigenvalue weighted by Crippen LogP contribution is -2.37. The van der Waals surface area contributed by atoms with Crippen molar-refractivity contribution in [1.82, 2.24) is 0 Å². The molecule has 0 amide bonds. The van der Waals surface area contributed by atoms with Gasteiger partial charge in [0.1, 0.15) is 29.5 Å². The average molecular weight is 669 g/mol. The summed E-state index contributed by atoms with van der Waals surface area (Å²) in [5.41, 5.74) is 2.62. The average Bonchev–Trinajstić information content (AvgIpc) is 3.14. The summed E-state index contributed by atoms with van der Waals surface area (Å²) in [6.45, 7) is 10.7. The van der Waals surface area contributed by atoms with Crippen molar-refractivity contribution < 1.29 is 48.1 Å². The topological polar surface area (TPSA) is 152 Å². The van der Waals surface area contributed by atoms with Crippen molar-refractivity contribution in [1.29, 1.82) is 0 Å². The maximum Gasteiger partial charge on any atom is 0.585 e. The first-order valence-corrected chi connectivity index (χ1v) is 18.6. The molecule has 4 N–H and O–H groups in total. The van der Waals surface area contributed by atoms with E-state index in [1.165, 1.54) is 57.8 Å². The molecule has 0 spiro atoms. The third-order valence-electron chi connectivity index (χ3n) is 9.70. The van der Waals surface area contributed by atoms with Crippen LogP contribution in [-0.4, -0.2) is 57.5 Å². The van der Waals surface area contributed by atoms with Crippen LogP contribution in [0.1, 0.15) is 120 Å². The second-order valence-electron chi connectivity index (χ2n) is 13.6. The van der Waals surface area contributed by atoms with Crippen LogP contribution in [-0.2, 0) is 25.0 Å². The molecule has 0 aliphatic carbocycles. The Hall–Kier alpha value is -2.10. The number of aliphatic hydroxyl groups excluding tert-OH is 3. The highest BCUT2D eigenvalue weighted by atomic mass is 31.2. The Kier molecular flexibility index (Phi) is 14.5. The van der Waals surface area contributed by atoms with Gasteiger partial charge >= 0.3 is 7.82 Å². The van der Waals surface area contributed by atoms with Gasteiger partial charge in [0, 0.05) is 5.56 Å². The Morgan fingerprint density at radius 3 is 2.33 bits per heavy atom. The fourth-order valence-electron chi connectivity index (χ4n) is 6.52. The van der Waals surface area contributed by atoms with Crippen LogP contribution in [0.4, 0.5) is 0 Å². The Morgan fingerprint density at radius 2 is 1.65 bits per heavy atom. The molecule has 0 aromatic heterocycles. The van der Waals surface area contributed by atoms with Crippen molar-refractivity contribution in [2.24, 2.45) is 11.8 Å². The minimum Gasteiger partial charge on any atom is -0.508 e. The van der Waals surface area contributed by atoms with Crippen LogP contribution in [0.25, 0.3) is 0 Å². The van der Waals surface area contributed by atoms with Crippen molar-refractivity contribution in [2.45, 2.75) is 137 Å². The van der Waals surface area contributed by atoms with Crippen LogP contribution in [0.2, 0.25) is 0 Å². The van der Waals surface area contributed by atoms with Gasteiger partial charge in [-0.15, -0.1) is 0 Å². The van der Waals surface area contributed by atoms with E-state index in [1.807, 2.05) is 6.92 Å². The Labute approximate surface area is 275 Å². The van der Waals surface area contributed by atoms with E-state index < -0.39 is 50.4 Å². The summed E-state index contributed by atoms with van der Waals surface area (Å²) in [6, 6.07) is 0. The van der Waals surface area contributed by atoms with Crippen molar-refractivity contribution in [3.63, 3.8) is 0 Å². The second-order valence-corrected chi connectivity index (χ2v) is 14.9. The number of unbranched alkanes of at least 4 members (excludes halogenated alkanes) is 6. The van der Waals surface area contributed by atoms with E-state index in [0.29, 0.717) is 23.5 Å². The number of ketones is 1. The molecule has 2 aliphatic rings. The maximum absolute atomic E-state index is 13.2. The van der Waals surface area contributed by atoms with Crippen molar-refractivity contribution >= 4 is 13.6 Å². The van der Waals surface area contributed by atoms with Crippen LogP contribution in [0.5, 0.6) is 11.5 Å². The number of Topliss-reactive ketones (excluding diaryl/α,β-unsaturated/α-hetero) is 1. The molecule has 46 heavy (non-hydrogen) atoms. The molecule has 262 valence electrons. The van der Waals surface area contributed by atoms with E-state index in [2.05, 4.69) is 20.8 Å². The lowest BCUT2D eigenvalue weighted by molar-refractivity contribution is -0.122. The number of hydrogen-bond donors (Lipinski definition) is 4. The number of benzene rings is 1. The molecule has 5 atom stereocenters. The smallest absolute Gasteiger partial charge is 0.508 e. The summed E-state index contributed by atoms with van der Waals surface area (Å²) in [5, 5.41) is 30.0. The fourth-order valence-corrected chi connectivity index (χ4v) is 7.48. The molecule has 0 fully saturated rings. The van der Waals surface area contributed by atoms with Gasteiger partial charge in [-0.1, -0.05) is 71.6 Å². The maximum atomic E-state index is 13.2. The van der Waals surface area contributed by atoms with Crippen LogP contribution in [0, 0.1) is 32.6 Å². The van der Waals surface area contributed by atoms with Crippen molar-refractivity contribution in [3.05, 3.63) is 33.8 Å². The number of hydrogen-bond acceptors (Lipinski definition) is 9. The van der Waals surface area contributed by atoms with Gasteiger partial charge in [0.25, 0.3) is 0 Å². The highest BCUT2D eigenvalue weighted by Gasteiger charge is 2.40. The van der Waals surface area contributed by atoms with Crippen LogP contribution < -0.4 is 9.26 Å². The number of fused-ring (bicyclic) bond motifs is 1. The first-order valence-electron chi connectivity index (χ1n) is 17.1. The van der Waals surface area contributed by atoms with Gasteiger partial charge in [0.15, 0.2) is 0 Å². The van der Waals surface area contributed by atoms with Gasteiger partial charge in [-0.05, 0) is 76.0 Å². The molecular formula is C35H57O10P.